The first kappa shape index (κ1) is 16.5. The summed E-state index contributed by atoms with van der Waals surface area (Å²) in [5.41, 5.74) is 6.24. The molecule has 0 aliphatic heterocycles. The summed E-state index contributed by atoms with van der Waals surface area (Å²) in [7, 11) is 0. The lowest BCUT2D eigenvalue weighted by Gasteiger charge is -2.19. The van der Waals surface area contributed by atoms with E-state index in [2.05, 4.69) is 24.1 Å². The first-order valence-electron chi connectivity index (χ1n) is 7.11. The maximum absolute atomic E-state index is 11.2. The Hall–Kier alpha value is -1.59. The van der Waals surface area contributed by atoms with Crippen molar-refractivity contribution in [2.45, 2.75) is 20.4 Å². The van der Waals surface area contributed by atoms with Crippen molar-refractivity contribution in [3.05, 3.63) is 29.8 Å². The molecule has 0 saturated carbocycles. The molecule has 3 N–H and O–H groups in total. The lowest BCUT2D eigenvalue weighted by atomic mass is 10.2. The van der Waals surface area contributed by atoms with Crippen molar-refractivity contribution < 1.29 is 9.53 Å². The number of nitrogens with zero attached hydrogens (tertiary/aromatic N) is 1. The molecule has 0 radical (unpaired) electrons. The summed E-state index contributed by atoms with van der Waals surface area (Å²) in [6.45, 7) is 8.31. The van der Waals surface area contributed by atoms with Crippen molar-refractivity contribution in [3.8, 4) is 5.75 Å². The van der Waals surface area contributed by atoms with Crippen LogP contribution in [0.5, 0.6) is 5.75 Å². The molecule has 0 unspecified atom stereocenters. The average molecular weight is 279 g/mol. The van der Waals surface area contributed by atoms with Gasteiger partial charge in [-0.25, -0.2) is 0 Å². The molecular formula is C15H25N3O2. The van der Waals surface area contributed by atoms with Crippen molar-refractivity contribution in [1.29, 1.82) is 0 Å². The van der Waals surface area contributed by atoms with Gasteiger partial charge >= 0.3 is 0 Å². The van der Waals surface area contributed by atoms with Crippen LogP contribution in [0.4, 0.5) is 0 Å². The van der Waals surface area contributed by atoms with Crippen molar-refractivity contribution >= 4 is 5.91 Å². The number of rotatable bonds is 9. The highest BCUT2D eigenvalue weighted by molar-refractivity contribution is 5.77. The molecule has 0 spiro atoms. The maximum Gasteiger partial charge on any atom is 0.234 e. The van der Waals surface area contributed by atoms with Crippen LogP contribution in [-0.4, -0.2) is 43.6 Å². The Morgan fingerprint density at radius 3 is 2.65 bits per heavy atom. The van der Waals surface area contributed by atoms with Crippen LogP contribution in [0.25, 0.3) is 0 Å². The number of para-hydroxylation sites is 1. The van der Waals surface area contributed by atoms with E-state index in [0.29, 0.717) is 13.2 Å². The molecule has 0 aliphatic carbocycles. The van der Waals surface area contributed by atoms with Gasteiger partial charge in [-0.3, -0.25) is 4.79 Å². The molecule has 1 aromatic carbocycles. The summed E-state index contributed by atoms with van der Waals surface area (Å²) in [6.07, 6.45) is 0. The fraction of sp³-hybridized carbons (Fsp3) is 0.533. The number of amides is 1. The lowest BCUT2D eigenvalue weighted by Crippen LogP contribution is -2.30. The Balaban J connectivity index is 2.50. The largest absolute Gasteiger partial charge is 0.492 e. The number of nitrogens with two attached hydrogens (primary N) is 1. The van der Waals surface area contributed by atoms with E-state index in [9.17, 15) is 4.79 Å². The zero-order chi connectivity index (χ0) is 14.8. The number of benzene rings is 1. The Labute approximate surface area is 121 Å². The van der Waals surface area contributed by atoms with Crippen molar-refractivity contribution in [3.63, 3.8) is 0 Å². The van der Waals surface area contributed by atoms with E-state index in [0.717, 1.165) is 30.9 Å². The average Bonchev–Trinajstić information content (AvgIpc) is 2.50. The minimum Gasteiger partial charge on any atom is -0.492 e. The Bertz CT molecular complexity index is 406. The topological polar surface area (TPSA) is 67.6 Å². The van der Waals surface area contributed by atoms with E-state index in [1.54, 1.807) is 0 Å². The van der Waals surface area contributed by atoms with Gasteiger partial charge < -0.3 is 20.7 Å². The van der Waals surface area contributed by atoms with Crippen molar-refractivity contribution in [1.82, 2.24) is 10.2 Å². The number of hydrogen-bond acceptors (Lipinski definition) is 4. The zero-order valence-electron chi connectivity index (χ0n) is 12.4. The van der Waals surface area contributed by atoms with Crippen molar-refractivity contribution in [2.24, 2.45) is 5.73 Å². The third kappa shape index (κ3) is 5.59. The van der Waals surface area contributed by atoms with Crippen LogP contribution in [0.1, 0.15) is 19.4 Å². The Morgan fingerprint density at radius 1 is 1.30 bits per heavy atom. The van der Waals surface area contributed by atoms with Gasteiger partial charge in [0, 0.05) is 18.7 Å². The molecule has 112 valence electrons. The van der Waals surface area contributed by atoms with Gasteiger partial charge in [-0.15, -0.1) is 0 Å². The van der Waals surface area contributed by atoms with Crippen LogP contribution in [0.2, 0.25) is 0 Å². The fourth-order valence-corrected chi connectivity index (χ4v) is 1.88. The van der Waals surface area contributed by atoms with Gasteiger partial charge in [0.2, 0.25) is 5.91 Å². The first-order valence-corrected chi connectivity index (χ1v) is 7.11. The van der Waals surface area contributed by atoms with Crippen LogP contribution >= 0.6 is 0 Å². The standard InChI is InChI=1S/C15H25N3O2/c1-3-18(4-2)9-10-20-14-8-6-5-7-13(14)12-17-15(19)11-16/h5-8H,3-4,9-12,16H2,1-2H3,(H,17,19). The third-order valence-corrected chi connectivity index (χ3v) is 3.19. The SMILES string of the molecule is CCN(CC)CCOc1ccccc1CNC(=O)CN. The van der Waals surface area contributed by atoms with Crippen LogP contribution < -0.4 is 15.8 Å². The minimum atomic E-state index is -0.164. The number of nitrogens with one attached hydrogen (secondary N) is 1. The van der Waals surface area contributed by atoms with E-state index in [1.807, 2.05) is 24.3 Å². The number of likely N-dealkylation sites (N-methyl/N-ethyl adjacent to an activating group) is 1. The quantitative estimate of drug-likeness (QED) is 0.707. The van der Waals surface area contributed by atoms with Gasteiger partial charge in [-0.2, -0.15) is 0 Å². The molecule has 0 saturated heterocycles. The smallest absolute Gasteiger partial charge is 0.234 e. The number of hydrogen-bond donors (Lipinski definition) is 2. The van der Waals surface area contributed by atoms with Crippen molar-refractivity contribution in [2.75, 3.05) is 32.8 Å². The van der Waals surface area contributed by atoms with E-state index in [1.165, 1.54) is 0 Å². The van der Waals surface area contributed by atoms with Crippen LogP contribution in [0.15, 0.2) is 24.3 Å². The predicted octanol–water partition coefficient (Wildman–Crippen LogP) is 0.982. The Morgan fingerprint density at radius 2 is 2.00 bits per heavy atom. The molecule has 0 heterocycles. The summed E-state index contributed by atoms with van der Waals surface area (Å²) < 4.78 is 5.81. The molecule has 0 aromatic heterocycles. The number of carbonyl (C=O) groups excluding carboxylic acids is 1. The fourth-order valence-electron chi connectivity index (χ4n) is 1.88. The van der Waals surface area contributed by atoms with Gasteiger partial charge in [0.25, 0.3) is 0 Å². The molecule has 0 fully saturated rings. The maximum atomic E-state index is 11.2. The minimum absolute atomic E-state index is 0.00494. The third-order valence-electron chi connectivity index (χ3n) is 3.19. The second-order valence-corrected chi connectivity index (χ2v) is 4.46. The second kappa shape index (κ2) is 9.34. The molecule has 20 heavy (non-hydrogen) atoms. The Kier molecular flexibility index (Phi) is 7.69. The monoisotopic (exact) mass is 279 g/mol. The van der Waals surface area contributed by atoms with Gasteiger partial charge in [-0.05, 0) is 19.2 Å². The molecule has 1 rings (SSSR count). The van der Waals surface area contributed by atoms with Crippen LogP contribution in [-0.2, 0) is 11.3 Å². The summed E-state index contributed by atoms with van der Waals surface area (Å²) in [6, 6.07) is 7.73. The highest BCUT2D eigenvalue weighted by Crippen LogP contribution is 2.17. The molecule has 5 nitrogen and oxygen atoms in total. The molecule has 1 aromatic rings. The second-order valence-electron chi connectivity index (χ2n) is 4.46. The molecule has 0 atom stereocenters. The van der Waals surface area contributed by atoms with Crippen LogP contribution in [0.3, 0.4) is 0 Å². The van der Waals surface area contributed by atoms with E-state index in [4.69, 9.17) is 10.5 Å². The zero-order valence-corrected chi connectivity index (χ0v) is 12.4. The molecule has 5 heteroatoms. The molecule has 0 aliphatic rings. The summed E-state index contributed by atoms with van der Waals surface area (Å²) in [4.78, 5) is 13.5. The number of carbonyl (C=O) groups is 1. The van der Waals surface area contributed by atoms with Gasteiger partial charge in [-0.1, -0.05) is 32.0 Å². The molecule has 1 amide bonds. The van der Waals surface area contributed by atoms with Gasteiger partial charge in [0.15, 0.2) is 0 Å². The van der Waals surface area contributed by atoms with Gasteiger partial charge in [0.05, 0.1) is 6.54 Å². The lowest BCUT2D eigenvalue weighted by molar-refractivity contribution is -0.119. The highest BCUT2D eigenvalue weighted by Gasteiger charge is 2.05. The molecule has 0 bridgehead atoms. The van der Waals surface area contributed by atoms with E-state index in [-0.39, 0.29) is 12.5 Å². The van der Waals surface area contributed by atoms with Crippen LogP contribution in [0, 0.1) is 0 Å². The normalized spacial score (nSPS) is 10.6. The highest BCUT2D eigenvalue weighted by atomic mass is 16.5. The van der Waals surface area contributed by atoms with E-state index >= 15 is 0 Å². The van der Waals surface area contributed by atoms with Gasteiger partial charge in [0.1, 0.15) is 12.4 Å². The number of ether oxygens (including phenoxy) is 1. The summed E-state index contributed by atoms with van der Waals surface area (Å²) in [5.74, 6) is 0.653. The summed E-state index contributed by atoms with van der Waals surface area (Å²) >= 11 is 0. The van der Waals surface area contributed by atoms with E-state index < -0.39 is 0 Å². The molecular weight excluding hydrogens is 254 g/mol. The first-order chi connectivity index (χ1) is 9.71. The summed E-state index contributed by atoms with van der Waals surface area (Å²) in [5, 5.41) is 2.76. The predicted molar refractivity (Wildman–Crippen MR) is 80.6 cm³/mol.